The van der Waals surface area contributed by atoms with Gasteiger partial charge >= 0.3 is 5.97 Å². The number of rotatable bonds is 4. The van der Waals surface area contributed by atoms with Gasteiger partial charge in [-0.05, 0) is 12.1 Å². The Balaban J connectivity index is 2.28. The second kappa shape index (κ2) is 6.26. The molecule has 0 aliphatic carbocycles. The van der Waals surface area contributed by atoms with Gasteiger partial charge in [0.2, 0.25) is 0 Å². The molecule has 1 aromatic carbocycles. The van der Waals surface area contributed by atoms with Gasteiger partial charge in [-0.1, -0.05) is 39.0 Å². The van der Waals surface area contributed by atoms with Crippen LogP contribution < -0.4 is 5.32 Å². The van der Waals surface area contributed by atoms with E-state index in [2.05, 4.69) is 31.1 Å². The number of anilines is 1. The second-order valence-electron chi connectivity index (χ2n) is 5.79. The van der Waals surface area contributed by atoms with Gasteiger partial charge in [-0.15, -0.1) is 11.3 Å². The monoisotopic (exact) mass is 304 g/mol. The van der Waals surface area contributed by atoms with E-state index in [1.54, 1.807) is 11.3 Å². The van der Waals surface area contributed by atoms with Crippen molar-refractivity contribution in [3.05, 3.63) is 46.4 Å². The summed E-state index contributed by atoms with van der Waals surface area (Å²) in [4.78, 5) is 16.7. The summed E-state index contributed by atoms with van der Waals surface area (Å²) in [6.45, 7) is 6.31. The second-order valence-corrected chi connectivity index (χ2v) is 6.65. The number of hydrogen-bond acceptors (Lipinski definition) is 5. The van der Waals surface area contributed by atoms with E-state index < -0.39 is 6.04 Å². The van der Waals surface area contributed by atoms with Crippen molar-refractivity contribution in [1.82, 2.24) is 4.98 Å². The Morgan fingerprint density at radius 1 is 1.29 bits per heavy atom. The van der Waals surface area contributed by atoms with E-state index in [4.69, 9.17) is 4.74 Å². The lowest BCUT2D eigenvalue weighted by atomic mass is 9.98. The van der Waals surface area contributed by atoms with Gasteiger partial charge in [0.15, 0.2) is 6.04 Å². The number of nitrogens with one attached hydrogen (secondary N) is 1. The third-order valence-electron chi connectivity index (χ3n) is 2.98. The minimum atomic E-state index is -0.593. The highest BCUT2D eigenvalue weighted by Crippen LogP contribution is 2.29. The molecule has 0 radical (unpaired) electrons. The Labute approximate surface area is 129 Å². The van der Waals surface area contributed by atoms with E-state index in [1.807, 2.05) is 35.7 Å². The smallest absolute Gasteiger partial charge is 0.334 e. The number of benzene rings is 1. The molecule has 0 bridgehead atoms. The third-order valence-corrected chi connectivity index (χ3v) is 4.27. The van der Waals surface area contributed by atoms with Crippen LogP contribution in [0.15, 0.2) is 35.7 Å². The SMILES string of the molecule is COC(=O)C(Nc1ccccc1)c1csc(C(C)(C)C)n1. The summed E-state index contributed by atoms with van der Waals surface area (Å²) in [5.41, 5.74) is 1.52. The maximum Gasteiger partial charge on any atom is 0.334 e. The molecule has 2 rings (SSSR count). The highest BCUT2D eigenvalue weighted by Gasteiger charge is 2.26. The minimum absolute atomic E-state index is 0.0314. The van der Waals surface area contributed by atoms with Crippen LogP contribution in [0.1, 0.15) is 37.5 Å². The zero-order valence-corrected chi connectivity index (χ0v) is 13.5. The first-order chi connectivity index (χ1) is 9.91. The lowest BCUT2D eigenvalue weighted by Gasteiger charge is -2.17. The topological polar surface area (TPSA) is 51.2 Å². The first-order valence-corrected chi connectivity index (χ1v) is 7.65. The molecule has 0 saturated heterocycles. The molecular weight excluding hydrogens is 284 g/mol. The number of nitrogens with zero attached hydrogens (tertiary/aromatic N) is 1. The van der Waals surface area contributed by atoms with Gasteiger partial charge in [-0.3, -0.25) is 0 Å². The average Bonchev–Trinajstić information content (AvgIpc) is 2.94. The van der Waals surface area contributed by atoms with Crippen molar-refractivity contribution in [3.63, 3.8) is 0 Å². The predicted molar refractivity (Wildman–Crippen MR) is 85.6 cm³/mol. The van der Waals surface area contributed by atoms with Crippen molar-refractivity contribution in [2.75, 3.05) is 12.4 Å². The summed E-state index contributed by atoms with van der Waals surface area (Å²) < 4.78 is 4.90. The molecule has 1 unspecified atom stereocenters. The summed E-state index contributed by atoms with van der Waals surface area (Å²) in [7, 11) is 1.39. The molecule has 1 aromatic heterocycles. The lowest BCUT2D eigenvalue weighted by molar-refractivity contribution is -0.141. The van der Waals surface area contributed by atoms with E-state index >= 15 is 0 Å². The third kappa shape index (κ3) is 3.82. The Morgan fingerprint density at radius 2 is 1.95 bits per heavy atom. The Morgan fingerprint density at radius 3 is 2.48 bits per heavy atom. The van der Waals surface area contributed by atoms with Gasteiger partial charge in [-0.25, -0.2) is 9.78 Å². The summed E-state index contributed by atoms with van der Waals surface area (Å²) in [6, 6.07) is 8.99. The Hall–Kier alpha value is -1.88. The highest BCUT2D eigenvalue weighted by atomic mass is 32.1. The summed E-state index contributed by atoms with van der Waals surface area (Å²) >= 11 is 1.56. The summed E-state index contributed by atoms with van der Waals surface area (Å²) in [5, 5.41) is 6.10. The zero-order valence-electron chi connectivity index (χ0n) is 12.7. The van der Waals surface area contributed by atoms with Crippen molar-refractivity contribution >= 4 is 23.0 Å². The van der Waals surface area contributed by atoms with Gasteiger partial charge in [0.05, 0.1) is 17.8 Å². The zero-order chi connectivity index (χ0) is 15.5. The van der Waals surface area contributed by atoms with Crippen LogP contribution in [0.5, 0.6) is 0 Å². The minimum Gasteiger partial charge on any atom is -0.467 e. The molecule has 1 N–H and O–H groups in total. The first-order valence-electron chi connectivity index (χ1n) is 6.77. The molecule has 112 valence electrons. The molecule has 1 heterocycles. The Bertz CT molecular complexity index is 602. The number of ether oxygens (including phenoxy) is 1. The standard InChI is InChI=1S/C16H20N2O2S/c1-16(2,3)15-18-12(10-21-15)13(14(19)20-4)17-11-8-6-5-7-9-11/h5-10,13,17H,1-4H3. The highest BCUT2D eigenvalue weighted by molar-refractivity contribution is 7.09. The molecule has 0 fully saturated rings. The molecule has 1 atom stereocenters. The Kier molecular flexibility index (Phi) is 4.63. The number of thiazole rings is 1. The molecule has 21 heavy (non-hydrogen) atoms. The molecule has 0 amide bonds. The quantitative estimate of drug-likeness (QED) is 0.874. The number of carbonyl (C=O) groups is 1. The number of hydrogen-bond donors (Lipinski definition) is 1. The number of para-hydroxylation sites is 1. The van der Waals surface area contributed by atoms with Crippen LogP contribution in [0.2, 0.25) is 0 Å². The first kappa shape index (κ1) is 15.5. The van der Waals surface area contributed by atoms with Crippen LogP contribution in [0.4, 0.5) is 5.69 Å². The molecular formula is C16H20N2O2S. The normalized spacial score (nSPS) is 12.8. The molecule has 2 aromatic rings. The number of methoxy groups -OCH3 is 1. The van der Waals surface area contributed by atoms with Crippen molar-refractivity contribution in [1.29, 1.82) is 0 Å². The van der Waals surface area contributed by atoms with Crippen molar-refractivity contribution < 1.29 is 9.53 Å². The van der Waals surface area contributed by atoms with Gasteiger partial charge in [-0.2, -0.15) is 0 Å². The largest absolute Gasteiger partial charge is 0.467 e. The van der Waals surface area contributed by atoms with Crippen LogP contribution in [0.25, 0.3) is 0 Å². The molecule has 0 aliphatic rings. The van der Waals surface area contributed by atoms with Crippen LogP contribution in [0.3, 0.4) is 0 Å². The van der Waals surface area contributed by atoms with E-state index in [1.165, 1.54) is 7.11 Å². The van der Waals surface area contributed by atoms with Crippen LogP contribution >= 0.6 is 11.3 Å². The molecule has 5 heteroatoms. The summed E-state index contributed by atoms with van der Waals surface area (Å²) in [6.07, 6.45) is 0. The van der Waals surface area contributed by atoms with Gasteiger partial charge in [0, 0.05) is 16.5 Å². The van der Waals surface area contributed by atoms with Gasteiger partial charge in [0.25, 0.3) is 0 Å². The number of aromatic nitrogens is 1. The van der Waals surface area contributed by atoms with E-state index in [-0.39, 0.29) is 11.4 Å². The predicted octanol–water partition coefficient (Wildman–Crippen LogP) is 3.77. The van der Waals surface area contributed by atoms with Crippen LogP contribution in [-0.4, -0.2) is 18.1 Å². The van der Waals surface area contributed by atoms with E-state index in [0.717, 1.165) is 10.7 Å². The maximum atomic E-state index is 12.1. The molecule has 0 spiro atoms. The average molecular weight is 304 g/mol. The lowest BCUT2D eigenvalue weighted by Crippen LogP contribution is -2.23. The van der Waals surface area contributed by atoms with Crippen molar-refractivity contribution in [2.45, 2.75) is 32.2 Å². The maximum absolute atomic E-state index is 12.1. The van der Waals surface area contributed by atoms with Gasteiger partial charge < -0.3 is 10.1 Å². The van der Waals surface area contributed by atoms with Crippen LogP contribution in [-0.2, 0) is 14.9 Å². The van der Waals surface area contributed by atoms with E-state index in [0.29, 0.717) is 5.69 Å². The molecule has 0 aliphatic heterocycles. The molecule has 0 saturated carbocycles. The van der Waals surface area contributed by atoms with Crippen LogP contribution in [0, 0.1) is 0 Å². The van der Waals surface area contributed by atoms with E-state index in [9.17, 15) is 4.79 Å². The summed E-state index contributed by atoms with van der Waals surface area (Å²) in [5.74, 6) is -0.343. The van der Waals surface area contributed by atoms with Gasteiger partial charge in [0.1, 0.15) is 0 Å². The van der Waals surface area contributed by atoms with Crippen molar-refractivity contribution in [3.8, 4) is 0 Å². The fourth-order valence-corrected chi connectivity index (χ4v) is 2.77. The fourth-order valence-electron chi connectivity index (χ4n) is 1.84. The number of esters is 1. The number of carbonyl (C=O) groups excluding carboxylic acids is 1. The van der Waals surface area contributed by atoms with Crippen molar-refractivity contribution in [2.24, 2.45) is 0 Å². The fraction of sp³-hybridized carbons (Fsp3) is 0.375. The molecule has 4 nitrogen and oxygen atoms in total.